The monoisotopic (exact) mass is 425 g/mol. The molecule has 0 heterocycles. The summed E-state index contributed by atoms with van der Waals surface area (Å²) in [4.78, 5) is 9.47. The van der Waals surface area contributed by atoms with Crippen molar-refractivity contribution in [1.29, 1.82) is 0 Å². The minimum Gasteiger partial charge on any atom is -0.445 e. The van der Waals surface area contributed by atoms with E-state index in [9.17, 15) is 23.1 Å². The van der Waals surface area contributed by atoms with Gasteiger partial charge in [0.15, 0.2) is 0 Å². The number of amides is 1. The summed E-state index contributed by atoms with van der Waals surface area (Å²) in [5.74, 6) is 0. The quantitative estimate of drug-likeness (QED) is 0.346. The van der Waals surface area contributed by atoms with E-state index in [1.54, 1.807) is 49.4 Å². The molecule has 156 valence electrons. The van der Waals surface area contributed by atoms with Crippen LogP contribution in [0.5, 0.6) is 0 Å². The zero-order valence-corrected chi connectivity index (χ0v) is 16.6. The van der Waals surface area contributed by atoms with Crippen molar-refractivity contribution in [2.24, 2.45) is 0 Å². The number of nitrogens with one attached hydrogen (secondary N) is 1. The molecule has 8 heteroatoms. The van der Waals surface area contributed by atoms with Crippen LogP contribution in [-0.4, -0.2) is 28.4 Å². The third kappa shape index (κ3) is 6.01. The highest BCUT2D eigenvalue weighted by Crippen LogP contribution is 2.46. The van der Waals surface area contributed by atoms with E-state index in [4.69, 9.17) is 4.74 Å². The molecule has 0 bridgehead atoms. The third-order valence-corrected chi connectivity index (χ3v) is 5.52. The fourth-order valence-corrected chi connectivity index (χ4v) is 3.65. The molecule has 2 aromatic carbocycles. The van der Waals surface area contributed by atoms with Crippen molar-refractivity contribution in [3.05, 3.63) is 78.4 Å². The van der Waals surface area contributed by atoms with Gasteiger partial charge in [-0.25, -0.2) is 4.79 Å². The third-order valence-electron chi connectivity index (χ3n) is 4.08. The van der Waals surface area contributed by atoms with Crippen LogP contribution in [0.25, 0.3) is 0 Å². The van der Waals surface area contributed by atoms with Crippen LogP contribution in [-0.2, 0) is 11.3 Å². The first-order chi connectivity index (χ1) is 13.7. The first-order valence-electron chi connectivity index (χ1n) is 8.78. The van der Waals surface area contributed by atoms with Gasteiger partial charge in [-0.15, -0.1) is 6.58 Å². The fraction of sp³-hybridized carbons (Fsp3) is 0.286. The van der Waals surface area contributed by atoms with E-state index < -0.39 is 23.2 Å². The zero-order chi connectivity index (χ0) is 21.5. The number of benzene rings is 2. The van der Waals surface area contributed by atoms with Gasteiger partial charge in [0.05, 0.1) is 6.10 Å². The number of hydrogen-bond acceptors (Lipinski definition) is 4. The maximum atomic E-state index is 14.2. The molecule has 0 fully saturated rings. The van der Waals surface area contributed by atoms with Gasteiger partial charge >= 0.3 is 12.3 Å². The number of halogens is 3. The van der Waals surface area contributed by atoms with Crippen molar-refractivity contribution in [2.45, 2.75) is 42.0 Å². The summed E-state index contributed by atoms with van der Waals surface area (Å²) in [6.07, 6.45) is -7.45. The van der Waals surface area contributed by atoms with Gasteiger partial charge in [-0.2, -0.15) is 13.2 Å². The number of thioether (sulfide) groups is 1. The van der Waals surface area contributed by atoms with Crippen molar-refractivity contribution in [3.63, 3.8) is 0 Å². The molecule has 2 rings (SSSR count). The predicted octanol–water partition coefficient (Wildman–Crippen LogP) is 5.21. The first kappa shape index (κ1) is 22.8. The molecule has 0 radical (unpaired) electrons. The van der Waals surface area contributed by atoms with Crippen LogP contribution in [0.2, 0.25) is 0 Å². The van der Waals surface area contributed by atoms with Crippen LogP contribution in [0.15, 0.2) is 72.1 Å². The Bertz CT molecular complexity index is 812. The Kier molecular flexibility index (Phi) is 7.75. The van der Waals surface area contributed by atoms with Crippen LogP contribution in [0.3, 0.4) is 0 Å². The Hall–Kier alpha value is -2.45. The number of aliphatic hydroxyl groups is 1. The molecule has 2 atom stereocenters. The number of aryl methyl sites for hydroxylation is 1. The van der Waals surface area contributed by atoms with Crippen molar-refractivity contribution < 1.29 is 27.8 Å². The molecule has 2 aromatic rings. The average Bonchev–Trinajstić information content (AvgIpc) is 2.67. The number of alkyl halides is 3. The molecular weight excluding hydrogens is 403 g/mol. The lowest BCUT2D eigenvalue weighted by Crippen LogP contribution is -2.63. The van der Waals surface area contributed by atoms with Crippen molar-refractivity contribution >= 4 is 17.9 Å². The fourth-order valence-electron chi connectivity index (χ4n) is 2.52. The van der Waals surface area contributed by atoms with Crippen LogP contribution in [0.4, 0.5) is 18.0 Å². The number of ether oxygens (including phenoxy) is 1. The van der Waals surface area contributed by atoms with Gasteiger partial charge in [-0.3, -0.25) is 5.32 Å². The molecule has 0 saturated carbocycles. The number of carbonyl (C=O) groups excluding carboxylic acids is 1. The molecule has 0 aliphatic rings. The topological polar surface area (TPSA) is 58.6 Å². The maximum Gasteiger partial charge on any atom is 0.424 e. The lowest BCUT2D eigenvalue weighted by Gasteiger charge is -2.38. The summed E-state index contributed by atoms with van der Waals surface area (Å²) < 4.78 is 47.4. The normalized spacial score (nSPS) is 14.5. The van der Waals surface area contributed by atoms with Crippen LogP contribution in [0.1, 0.15) is 17.5 Å². The summed E-state index contributed by atoms with van der Waals surface area (Å²) in [6, 6.07) is 14.9. The van der Waals surface area contributed by atoms with E-state index >= 15 is 0 Å². The number of alkyl carbamates (subject to hydrolysis) is 1. The smallest absolute Gasteiger partial charge is 0.424 e. The molecule has 0 aliphatic heterocycles. The second-order valence-electron chi connectivity index (χ2n) is 6.38. The average molecular weight is 425 g/mol. The molecule has 0 unspecified atom stereocenters. The molecule has 2 N–H and O–H groups in total. The Labute approximate surface area is 171 Å². The SMILES string of the molecule is C=CC[C@@H](O)[C@@](NC(=O)OCc1ccccc1)(Sc1ccc(C)cc1)C(F)(F)F. The van der Waals surface area contributed by atoms with E-state index in [0.717, 1.165) is 11.6 Å². The van der Waals surface area contributed by atoms with Gasteiger partial charge in [0, 0.05) is 4.90 Å². The first-order valence-corrected chi connectivity index (χ1v) is 9.60. The lowest BCUT2D eigenvalue weighted by atomic mass is 10.1. The molecule has 1 amide bonds. The van der Waals surface area contributed by atoms with Crippen molar-refractivity contribution in [2.75, 3.05) is 0 Å². The predicted molar refractivity (Wildman–Crippen MR) is 106 cm³/mol. The highest BCUT2D eigenvalue weighted by molar-refractivity contribution is 8.00. The second-order valence-corrected chi connectivity index (χ2v) is 7.69. The standard InChI is InChI=1S/C21H22F3NO3S/c1-3-7-18(26)20(21(22,23)24,29-17-12-10-15(2)11-13-17)25-19(27)28-14-16-8-5-4-6-9-16/h3-6,8-13,18,26H,1,7,14H2,2H3,(H,25,27)/t18-,20-/m1/s1. The Morgan fingerprint density at radius 2 is 1.83 bits per heavy atom. The van der Waals surface area contributed by atoms with Gasteiger partial charge < -0.3 is 9.84 Å². The highest BCUT2D eigenvalue weighted by Gasteiger charge is 2.61. The van der Waals surface area contributed by atoms with Crippen LogP contribution < -0.4 is 5.32 Å². The molecule has 4 nitrogen and oxygen atoms in total. The molecule has 0 saturated heterocycles. The van der Waals surface area contributed by atoms with Gasteiger partial charge in [0.2, 0.25) is 4.87 Å². The summed E-state index contributed by atoms with van der Waals surface area (Å²) in [5.41, 5.74) is 1.49. The number of rotatable bonds is 8. The molecule has 0 spiro atoms. The number of aliphatic hydroxyl groups excluding tert-OH is 1. The van der Waals surface area contributed by atoms with Gasteiger partial charge in [0.1, 0.15) is 6.61 Å². The lowest BCUT2D eigenvalue weighted by molar-refractivity contribution is -0.188. The van der Waals surface area contributed by atoms with E-state index in [1.807, 2.05) is 5.32 Å². The van der Waals surface area contributed by atoms with Gasteiger partial charge in [-0.05, 0) is 31.0 Å². The Morgan fingerprint density at radius 3 is 2.38 bits per heavy atom. The minimum absolute atomic E-state index is 0.201. The van der Waals surface area contributed by atoms with E-state index in [0.29, 0.717) is 17.3 Å². The Morgan fingerprint density at radius 1 is 1.21 bits per heavy atom. The summed E-state index contributed by atoms with van der Waals surface area (Å²) in [6.45, 7) is 4.99. The zero-order valence-electron chi connectivity index (χ0n) is 15.8. The number of carbonyl (C=O) groups is 1. The summed E-state index contributed by atoms with van der Waals surface area (Å²) in [5, 5.41) is 12.2. The van der Waals surface area contributed by atoms with Crippen LogP contribution >= 0.6 is 11.8 Å². The van der Waals surface area contributed by atoms with E-state index in [-0.39, 0.29) is 17.9 Å². The highest BCUT2D eigenvalue weighted by atomic mass is 32.2. The van der Waals surface area contributed by atoms with E-state index in [1.165, 1.54) is 12.1 Å². The second kappa shape index (κ2) is 9.84. The maximum absolute atomic E-state index is 14.2. The van der Waals surface area contributed by atoms with Crippen molar-refractivity contribution in [1.82, 2.24) is 5.32 Å². The van der Waals surface area contributed by atoms with Crippen LogP contribution in [0, 0.1) is 6.92 Å². The van der Waals surface area contributed by atoms with Gasteiger partial charge in [-0.1, -0.05) is 65.9 Å². The summed E-state index contributed by atoms with van der Waals surface area (Å²) >= 11 is 0.315. The van der Waals surface area contributed by atoms with E-state index in [2.05, 4.69) is 6.58 Å². The molecule has 0 aromatic heterocycles. The Balaban J connectivity index is 2.29. The number of hydrogen-bond donors (Lipinski definition) is 2. The summed E-state index contributed by atoms with van der Waals surface area (Å²) in [7, 11) is 0. The molecule has 0 aliphatic carbocycles. The largest absolute Gasteiger partial charge is 0.445 e. The minimum atomic E-state index is -4.98. The molecule has 29 heavy (non-hydrogen) atoms. The van der Waals surface area contributed by atoms with Gasteiger partial charge in [0.25, 0.3) is 0 Å². The molecular formula is C21H22F3NO3S. The van der Waals surface area contributed by atoms with Crippen molar-refractivity contribution in [3.8, 4) is 0 Å².